The fourth-order valence-electron chi connectivity index (χ4n) is 15.3. The second-order valence-electron chi connectivity index (χ2n) is 40.2. The third kappa shape index (κ3) is 25.0. The van der Waals surface area contributed by atoms with Crippen molar-refractivity contribution in [3.63, 3.8) is 0 Å². The summed E-state index contributed by atoms with van der Waals surface area (Å²) in [7, 11) is -2.50. The lowest BCUT2D eigenvalue weighted by molar-refractivity contribution is 0.00578. The lowest BCUT2D eigenvalue weighted by Crippen LogP contribution is -2.47. The third-order valence-electron chi connectivity index (χ3n) is 27.0. The van der Waals surface area contributed by atoms with Crippen LogP contribution in [0, 0.1) is 0 Å². The maximum Gasteiger partial charge on any atom is 0.494 e. The number of nitrogen functional groups attached to an aromatic ring is 1. The van der Waals surface area contributed by atoms with E-state index in [1.165, 1.54) is 10.9 Å². The highest BCUT2D eigenvalue weighted by Crippen LogP contribution is 2.47. The van der Waals surface area contributed by atoms with Crippen molar-refractivity contribution in [2.45, 2.75) is 199 Å². The molecule has 736 valence electrons. The summed E-state index contributed by atoms with van der Waals surface area (Å²) in [5.41, 5.74) is 19.5. The molecule has 5 aliphatic heterocycles. The first kappa shape index (κ1) is 108. The number of carbonyl (C=O) groups is 1. The van der Waals surface area contributed by atoms with Crippen molar-refractivity contribution in [2.75, 3.05) is 5.73 Å². The number of halogens is 5. The molecule has 0 saturated carbocycles. The van der Waals surface area contributed by atoms with Gasteiger partial charge >= 0.3 is 35.4 Å². The van der Waals surface area contributed by atoms with Crippen molar-refractivity contribution in [3.05, 3.63) is 296 Å². The van der Waals surface area contributed by atoms with E-state index < -0.39 is 69.0 Å². The van der Waals surface area contributed by atoms with E-state index in [9.17, 15) is 4.79 Å². The van der Waals surface area contributed by atoms with Crippen LogP contribution < -0.4 is 22.1 Å². The molecular weight excluding hydrogens is 2230 g/mol. The molecule has 144 heavy (non-hydrogen) atoms. The summed E-state index contributed by atoms with van der Waals surface area (Å²) in [6.07, 6.45) is 19.0. The van der Waals surface area contributed by atoms with Crippen molar-refractivity contribution in [2.24, 2.45) is 0 Å². The number of hydrogen-bond donors (Lipinski definition) is 2. The second kappa shape index (κ2) is 43.8. The number of nitrogens with zero attached hydrogens (tertiary/aromatic N) is 9. The molecule has 17 aromatic rings. The van der Waals surface area contributed by atoms with Gasteiger partial charge in [-0.25, -0.2) is 19.9 Å². The van der Waals surface area contributed by atoms with Crippen LogP contribution >= 0.6 is 138 Å². The summed E-state index contributed by atoms with van der Waals surface area (Å²) in [5, 5.41) is 3.85. The Kier molecular flexibility index (Phi) is 32.8. The van der Waals surface area contributed by atoms with Crippen LogP contribution in [0.1, 0.15) is 149 Å². The Morgan fingerprint density at radius 3 is 0.757 bits per heavy atom. The number of aldehydes is 1. The molecule has 0 aliphatic carbocycles. The van der Waals surface area contributed by atoms with Crippen LogP contribution in [-0.2, 0) is 46.5 Å². The van der Waals surface area contributed by atoms with E-state index in [1.807, 2.05) is 202 Å². The van der Waals surface area contributed by atoms with Crippen molar-refractivity contribution < 1.29 is 51.3 Å². The molecule has 2 N–H and O–H groups in total. The van der Waals surface area contributed by atoms with E-state index in [0.29, 0.717) is 5.56 Å². The van der Waals surface area contributed by atoms with Gasteiger partial charge in [-0.05, 0) is 331 Å². The number of pyridine rings is 5. The molecule has 9 aromatic heterocycles. The summed E-state index contributed by atoms with van der Waals surface area (Å²) >= 11 is 27.5. The summed E-state index contributed by atoms with van der Waals surface area (Å²) in [4.78, 5) is 52.2. The molecule has 22 rings (SSSR count). The van der Waals surface area contributed by atoms with Crippen LogP contribution in [0.5, 0.6) is 0 Å². The molecule has 0 amide bonds. The van der Waals surface area contributed by atoms with Crippen molar-refractivity contribution in [1.29, 1.82) is 0 Å². The van der Waals surface area contributed by atoms with Gasteiger partial charge in [0, 0.05) is 139 Å². The molecule has 5 saturated heterocycles. The lowest BCUT2D eigenvalue weighted by Gasteiger charge is -2.32. The highest BCUT2D eigenvalue weighted by molar-refractivity contribution is 9.11. The summed E-state index contributed by atoms with van der Waals surface area (Å²) in [6.45, 7) is 40.9. The minimum atomic E-state index is -0.515. The topological polar surface area (TPSA) is 251 Å². The second-order valence-corrected chi connectivity index (χ2v) is 49.4. The highest BCUT2D eigenvalue weighted by atomic mass is 79.9. The molecule has 0 atom stereocenters. The number of para-hydroxylation sites is 5. The van der Waals surface area contributed by atoms with Gasteiger partial charge < -0.3 is 52.3 Å². The fourth-order valence-corrected chi connectivity index (χ4v) is 22.4. The Labute approximate surface area is 906 Å². The monoisotopic (exact) mass is 2330 g/mol. The van der Waals surface area contributed by atoms with Gasteiger partial charge in [0.15, 0.2) is 6.29 Å². The lowest BCUT2D eigenvalue weighted by atomic mass is 9.49. The maximum atomic E-state index is 10.1. The van der Waals surface area contributed by atoms with Crippen molar-refractivity contribution in [1.82, 2.24) is 44.9 Å². The first-order valence-electron chi connectivity index (χ1n) is 46.7. The third-order valence-corrected chi connectivity index (χ3v) is 34.0. The molecule has 21 nitrogen and oxygen atoms in total. The van der Waals surface area contributed by atoms with Crippen molar-refractivity contribution in [3.8, 4) is 75.7 Å². The van der Waals surface area contributed by atoms with Gasteiger partial charge in [-0.15, -0.1) is 58.0 Å². The van der Waals surface area contributed by atoms with E-state index >= 15 is 0 Å². The summed E-state index contributed by atoms with van der Waals surface area (Å²) in [6, 6.07) is 69.4. The largest absolute Gasteiger partial charge is 0.494 e. The van der Waals surface area contributed by atoms with Gasteiger partial charge in [0.2, 0.25) is 0 Å². The molecule has 0 radical (unpaired) electrons. The Hall–Kier alpha value is -8.79. The number of fused-ring (bicyclic) bond motifs is 4. The van der Waals surface area contributed by atoms with Crippen LogP contribution in [0.25, 0.3) is 117 Å². The summed E-state index contributed by atoms with van der Waals surface area (Å²) in [5.74, 6) is 0. The Balaban J connectivity index is 0.000000136. The number of nitrogens with two attached hydrogens (primary N) is 1. The van der Waals surface area contributed by atoms with E-state index in [1.54, 1.807) is 63.8 Å². The van der Waals surface area contributed by atoms with Gasteiger partial charge in [-0.3, -0.25) is 29.7 Å². The standard InChI is InChI=1S/C42H24N6S3.C24H39B3O6.C12H24B2O4.C12H7BrN2S.C6H3Br3.C6H4BrNO.C6H7NS/c1-4-10-37-34(7-1)46-40(49-37)31-16-28(19-43-22-31)25-13-26(29-17-32(23-44-20-29)41-47-35-8-2-5-11-38(35)50-41)15-27(14-25)30-18-33(24-45-21-30)42-48-36-9-3-6-12-39(36)51-42;1-19(2)20(3,4)29-25(28-19)16-13-17(26-30-21(5,6)22(7,8)31-26)15-18(14-16)27-32-23(9,10)24(11,12)33-27;1-9(2)10(3,4)16-13(15-9)14-17-11(5,6)12(7,8)18-14;13-9-5-8(6-14-7-9)12-15-10-3-1-2-4-11(10)16-12;7-4-1-5(8)3-6(9)2-4;7-6-1-5(4-9)2-8-3-6;7-5-3-1-2-4-6(5)8/h1-24H;13-15H,1-12H3;1-8H3;1-7H;1-3H;1-4H;1-4,8H,7H2. The number of rotatable bonds is 12. The summed E-state index contributed by atoms with van der Waals surface area (Å²) < 4.78 is 71.7. The number of thiol groups is 1. The molecule has 0 spiro atoms. The van der Waals surface area contributed by atoms with E-state index in [-0.39, 0.29) is 22.4 Å². The number of aromatic nitrogens is 9. The average Bonchev–Trinajstić information content (AvgIpc) is 1.57. The molecule has 14 heterocycles. The van der Waals surface area contributed by atoms with Crippen LogP contribution in [-0.4, -0.2) is 143 Å². The zero-order valence-electron chi connectivity index (χ0n) is 83.4. The Morgan fingerprint density at radius 1 is 0.271 bits per heavy atom. The van der Waals surface area contributed by atoms with Gasteiger partial charge in [0.25, 0.3) is 0 Å². The molecule has 0 unspecified atom stereocenters. The van der Waals surface area contributed by atoms with Gasteiger partial charge in [-0.1, -0.05) is 127 Å². The first-order valence-corrected chi connectivity index (χ1v) is 54.4. The zero-order chi connectivity index (χ0) is 103. The number of benzene rings is 8. The molecule has 8 aromatic carbocycles. The molecule has 36 heteroatoms. The number of carbonyl (C=O) groups excluding carboxylic acids is 1. The van der Waals surface area contributed by atoms with Crippen LogP contribution in [0.4, 0.5) is 5.69 Å². The molecule has 5 fully saturated rings. The normalized spacial score (nSPS) is 17.5. The van der Waals surface area contributed by atoms with E-state index in [0.717, 1.165) is 167 Å². The maximum absolute atomic E-state index is 10.1. The molecule has 5 aliphatic rings. The Bertz CT molecular complexity index is 6770. The minimum absolute atomic E-state index is 0.360. The quantitative estimate of drug-likeness (QED) is 0.0499. The smallest absolute Gasteiger partial charge is 0.405 e. The SMILES string of the molecule is Brc1cc(Br)cc(Br)c1.Brc1cncc(-c2nc3ccccc3s2)c1.CC1(C)OB(B2OC(C)(C)C(C)(C)O2)OC1(C)C.CC1(C)OB(c2cc(B3OC(C)(C)C(C)(C)O3)cc(B3OC(C)(C)C(C)(C)O3)c2)OC1(C)C.Nc1ccccc1S.O=Cc1cncc(Br)c1.c1ccc2sc(-c3cncc(-c4cc(-c5cncc(-c6nc7ccccc7s6)c5)cc(-c5cncc(-c6nc7ccccc7s6)c5)c4)c3)nc2c1. The minimum Gasteiger partial charge on any atom is -0.405 e. The van der Waals surface area contributed by atoms with Crippen LogP contribution in [0.15, 0.2) is 295 Å². The molecule has 0 bridgehead atoms. The van der Waals surface area contributed by atoms with Gasteiger partial charge in [-0.2, -0.15) is 0 Å². The van der Waals surface area contributed by atoms with Crippen LogP contribution in [0.3, 0.4) is 0 Å². The molecular formula is C108H108B5Br5N10O11S5. The first-order chi connectivity index (χ1) is 68.0. The number of thiazole rings is 4. The predicted octanol–water partition coefficient (Wildman–Crippen LogP) is 27.8. The number of hydrogen-bond acceptors (Lipinski definition) is 26. The van der Waals surface area contributed by atoms with Crippen molar-refractivity contribution >= 4 is 242 Å². The average molecular weight is 2340 g/mol. The van der Waals surface area contributed by atoms with E-state index in [4.69, 9.17) is 67.2 Å². The number of anilines is 1. The predicted molar refractivity (Wildman–Crippen MR) is 613 cm³/mol. The zero-order valence-corrected chi connectivity index (χ0v) is 95.5. The fraction of sp³-hybridized carbons (Fsp3) is 0.278. The Morgan fingerprint density at radius 2 is 0.507 bits per heavy atom. The van der Waals surface area contributed by atoms with Gasteiger partial charge in [0.1, 0.15) is 20.0 Å². The highest BCUT2D eigenvalue weighted by Gasteiger charge is 2.64. The van der Waals surface area contributed by atoms with E-state index in [2.05, 4.69) is 302 Å². The van der Waals surface area contributed by atoms with Gasteiger partial charge in [0.05, 0.1) is 96.9 Å². The van der Waals surface area contributed by atoms with Crippen LogP contribution in [0.2, 0.25) is 0 Å².